The first-order chi connectivity index (χ1) is 20.8. The average Bonchev–Trinajstić information content (AvgIpc) is 3.60. The van der Waals surface area contributed by atoms with Crippen molar-refractivity contribution in [2.45, 2.75) is 6.04 Å². The van der Waals surface area contributed by atoms with Gasteiger partial charge in [-0.2, -0.15) is 0 Å². The number of para-hydroxylation sites is 5. The zero-order valence-corrected chi connectivity index (χ0v) is 22.6. The van der Waals surface area contributed by atoms with Crippen LogP contribution in [0.1, 0.15) is 11.6 Å². The first kappa shape index (κ1) is 22.4. The first-order valence-electron chi connectivity index (χ1n) is 14.5. The molecule has 0 radical (unpaired) electrons. The fourth-order valence-electron chi connectivity index (χ4n) is 6.91. The van der Waals surface area contributed by atoms with E-state index in [0.29, 0.717) is 6.04 Å². The number of rotatable bonds is 3. The van der Waals surface area contributed by atoms with Crippen molar-refractivity contribution < 1.29 is 8.83 Å². The van der Waals surface area contributed by atoms with E-state index in [1.807, 2.05) is 12.1 Å². The molecule has 4 heterocycles. The highest BCUT2D eigenvalue weighted by Crippen LogP contribution is 2.43. The van der Waals surface area contributed by atoms with Gasteiger partial charge in [0, 0.05) is 56.0 Å². The van der Waals surface area contributed by atoms with Gasteiger partial charge in [-0.25, -0.2) is 0 Å². The van der Waals surface area contributed by atoms with Gasteiger partial charge in [0.05, 0.1) is 16.7 Å². The molecule has 10 rings (SSSR count). The molecular weight excluding hydrogens is 516 g/mol. The third-order valence-corrected chi connectivity index (χ3v) is 8.95. The number of fused-ring (bicyclic) bond motifs is 9. The van der Waals surface area contributed by atoms with Crippen LogP contribution in [0.4, 0.5) is 0 Å². The molecule has 1 aliphatic rings. The van der Waals surface area contributed by atoms with Gasteiger partial charge in [0.2, 0.25) is 0 Å². The second kappa shape index (κ2) is 8.12. The van der Waals surface area contributed by atoms with Crippen LogP contribution in [0, 0.1) is 0 Å². The molecule has 0 amide bonds. The van der Waals surface area contributed by atoms with E-state index in [9.17, 15) is 0 Å². The zero-order chi connectivity index (χ0) is 27.4. The molecule has 9 aromatic rings. The molecule has 4 heteroatoms. The van der Waals surface area contributed by atoms with Crippen molar-refractivity contribution in [1.29, 1.82) is 0 Å². The lowest BCUT2D eigenvalue weighted by atomic mass is 10.00. The summed E-state index contributed by atoms with van der Waals surface area (Å²) in [5.41, 5.74) is 10.3. The summed E-state index contributed by atoms with van der Waals surface area (Å²) in [7, 11) is 0. The monoisotopic (exact) mass is 540 g/mol. The zero-order valence-electron chi connectivity index (χ0n) is 22.6. The molecule has 0 bridgehead atoms. The predicted molar refractivity (Wildman–Crippen MR) is 172 cm³/mol. The van der Waals surface area contributed by atoms with E-state index in [2.05, 4.69) is 119 Å². The highest BCUT2D eigenvalue weighted by molar-refractivity contribution is 6.17. The van der Waals surface area contributed by atoms with Crippen molar-refractivity contribution in [2.75, 3.05) is 6.54 Å². The quantitative estimate of drug-likeness (QED) is 0.227. The van der Waals surface area contributed by atoms with Gasteiger partial charge in [0.1, 0.15) is 16.7 Å². The Kier molecular flexibility index (Phi) is 4.33. The summed E-state index contributed by atoms with van der Waals surface area (Å²) < 4.78 is 15.7. The standard InChI is InChI=1S/C38H24N2O2/c1-3-15-32-23(8-1)30-20-22(31-21-39-31)18-19-33(30)40(32)34-16-7-14-29-28-13-6-12-27(37(28)42-38(29)34)26-11-5-10-25-24-9-2-4-17-35(24)41-36(25)26/h1-20,31,39H,21H2. The van der Waals surface area contributed by atoms with Crippen molar-refractivity contribution in [3.05, 3.63) is 127 Å². The maximum absolute atomic E-state index is 6.91. The first-order valence-corrected chi connectivity index (χ1v) is 14.5. The van der Waals surface area contributed by atoms with E-state index in [4.69, 9.17) is 8.83 Å². The lowest BCUT2D eigenvalue weighted by Gasteiger charge is -2.09. The molecular formula is C38H24N2O2. The van der Waals surface area contributed by atoms with Gasteiger partial charge in [-0.3, -0.25) is 0 Å². The van der Waals surface area contributed by atoms with Crippen molar-refractivity contribution >= 4 is 65.7 Å². The molecule has 0 saturated carbocycles. The van der Waals surface area contributed by atoms with Crippen LogP contribution in [-0.2, 0) is 0 Å². The van der Waals surface area contributed by atoms with Crippen LogP contribution in [0.5, 0.6) is 0 Å². The molecule has 198 valence electrons. The minimum Gasteiger partial charge on any atom is -0.455 e. The van der Waals surface area contributed by atoms with Crippen LogP contribution in [0.3, 0.4) is 0 Å². The van der Waals surface area contributed by atoms with Gasteiger partial charge in [-0.15, -0.1) is 0 Å². The average molecular weight is 541 g/mol. The van der Waals surface area contributed by atoms with Gasteiger partial charge in [-0.1, -0.05) is 91.0 Å². The fourth-order valence-corrected chi connectivity index (χ4v) is 6.91. The number of hydrogen-bond acceptors (Lipinski definition) is 3. The number of benzene rings is 6. The van der Waals surface area contributed by atoms with Crippen molar-refractivity contribution in [3.8, 4) is 16.8 Å². The second-order valence-corrected chi connectivity index (χ2v) is 11.3. The van der Waals surface area contributed by atoms with Gasteiger partial charge >= 0.3 is 0 Å². The minimum absolute atomic E-state index is 0.463. The summed E-state index contributed by atoms with van der Waals surface area (Å²) >= 11 is 0. The highest BCUT2D eigenvalue weighted by Gasteiger charge is 2.24. The summed E-state index contributed by atoms with van der Waals surface area (Å²) in [5, 5.41) is 10.4. The van der Waals surface area contributed by atoms with Crippen LogP contribution >= 0.6 is 0 Å². The normalized spacial score (nSPS) is 15.2. The topological polar surface area (TPSA) is 53.2 Å². The molecule has 3 aromatic heterocycles. The third-order valence-electron chi connectivity index (χ3n) is 8.95. The summed E-state index contributed by atoms with van der Waals surface area (Å²) in [4.78, 5) is 0. The molecule has 1 saturated heterocycles. The third kappa shape index (κ3) is 2.99. The van der Waals surface area contributed by atoms with Crippen molar-refractivity contribution in [2.24, 2.45) is 0 Å². The molecule has 6 aromatic carbocycles. The lowest BCUT2D eigenvalue weighted by molar-refractivity contribution is 0.663. The Morgan fingerprint density at radius 3 is 1.95 bits per heavy atom. The highest BCUT2D eigenvalue weighted by atomic mass is 16.3. The Bertz CT molecular complexity index is 2540. The van der Waals surface area contributed by atoms with Gasteiger partial charge in [0.25, 0.3) is 0 Å². The van der Waals surface area contributed by atoms with Crippen LogP contribution in [0.15, 0.2) is 130 Å². The Morgan fingerprint density at radius 1 is 0.524 bits per heavy atom. The van der Waals surface area contributed by atoms with E-state index in [-0.39, 0.29) is 0 Å². The number of furan rings is 2. The molecule has 1 unspecified atom stereocenters. The van der Waals surface area contributed by atoms with Gasteiger partial charge in [-0.05, 0) is 35.9 Å². The van der Waals surface area contributed by atoms with E-state index in [1.54, 1.807) is 0 Å². The number of aromatic nitrogens is 1. The smallest absolute Gasteiger partial charge is 0.159 e. The molecule has 0 aliphatic carbocycles. The summed E-state index contributed by atoms with van der Waals surface area (Å²) in [6.45, 7) is 1.05. The Balaban J connectivity index is 1.27. The van der Waals surface area contributed by atoms with Crippen LogP contribution in [0.25, 0.3) is 82.5 Å². The van der Waals surface area contributed by atoms with Crippen LogP contribution in [-0.4, -0.2) is 11.1 Å². The minimum atomic E-state index is 0.463. The molecule has 1 fully saturated rings. The fraction of sp³-hybridized carbons (Fsp3) is 0.0526. The number of hydrogen-bond donors (Lipinski definition) is 1. The van der Waals surface area contributed by atoms with Crippen molar-refractivity contribution in [3.63, 3.8) is 0 Å². The maximum Gasteiger partial charge on any atom is 0.159 e. The van der Waals surface area contributed by atoms with E-state index in [0.717, 1.165) is 67.2 Å². The molecule has 42 heavy (non-hydrogen) atoms. The Morgan fingerprint density at radius 2 is 1.14 bits per heavy atom. The van der Waals surface area contributed by atoms with Crippen LogP contribution in [0.2, 0.25) is 0 Å². The molecule has 1 atom stereocenters. The summed E-state index contributed by atoms with van der Waals surface area (Å²) in [6.07, 6.45) is 0. The predicted octanol–water partition coefficient (Wildman–Crippen LogP) is 9.89. The largest absolute Gasteiger partial charge is 0.455 e. The molecule has 0 spiro atoms. The molecule has 4 nitrogen and oxygen atoms in total. The molecule has 1 aliphatic heterocycles. The Labute approximate surface area is 240 Å². The van der Waals surface area contributed by atoms with Gasteiger partial charge in [0.15, 0.2) is 5.58 Å². The SMILES string of the molecule is c1ccc2c(c1)oc1c(-c3cccc4c3oc3c(-n5c6ccccc6c6cc(C7CN7)ccc65)cccc34)cccc12. The van der Waals surface area contributed by atoms with Crippen molar-refractivity contribution in [1.82, 2.24) is 9.88 Å². The van der Waals surface area contributed by atoms with Gasteiger partial charge < -0.3 is 18.7 Å². The van der Waals surface area contributed by atoms with E-state index >= 15 is 0 Å². The van der Waals surface area contributed by atoms with E-state index < -0.39 is 0 Å². The summed E-state index contributed by atoms with van der Waals surface area (Å²) in [5.74, 6) is 0. The lowest BCUT2D eigenvalue weighted by Crippen LogP contribution is -1.94. The Hall–Kier alpha value is -5.32. The summed E-state index contributed by atoms with van der Waals surface area (Å²) in [6, 6.07) is 43.5. The number of nitrogens with one attached hydrogen (secondary N) is 1. The number of nitrogens with zero attached hydrogens (tertiary/aromatic N) is 1. The van der Waals surface area contributed by atoms with Crippen LogP contribution < -0.4 is 5.32 Å². The van der Waals surface area contributed by atoms with E-state index in [1.165, 1.54) is 27.4 Å². The second-order valence-electron chi connectivity index (χ2n) is 11.3. The molecule has 1 N–H and O–H groups in total. The maximum atomic E-state index is 6.91.